The molecule has 0 aromatic heterocycles. The van der Waals surface area contributed by atoms with Crippen molar-refractivity contribution in [3.05, 3.63) is 121 Å². The molecule has 0 radical (unpaired) electrons. The topological polar surface area (TPSA) is 12.5 Å². The number of hydrogen-bond acceptors (Lipinski definition) is 1. The smallest absolute Gasteiger partial charge is 0.223 e. The van der Waals surface area contributed by atoms with Gasteiger partial charge in [-0.1, -0.05) is 72.8 Å². The Morgan fingerprint density at radius 3 is 1.88 bits per heavy atom. The van der Waals surface area contributed by atoms with Crippen LogP contribution in [0.15, 0.2) is 121 Å². The van der Waals surface area contributed by atoms with Gasteiger partial charge in [-0.15, -0.1) is 0 Å². The first-order valence-electron chi connectivity index (χ1n) is 11.7. The van der Waals surface area contributed by atoms with Crippen LogP contribution in [0.25, 0.3) is 0 Å². The number of benzene rings is 4. The summed E-state index contributed by atoms with van der Waals surface area (Å²) >= 11 is 0. The summed E-state index contributed by atoms with van der Waals surface area (Å²) < 4.78 is 4.72. The van der Waals surface area contributed by atoms with Crippen LogP contribution in [0.4, 0.5) is 22.7 Å². The fourth-order valence-electron chi connectivity index (χ4n) is 4.59. The van der Waals surface area contributed by atoms with Crippen LogP contribution in [0, 0.1) is 0 Å². The first-order valence-corrected chi connectivity index (χ1v) is 11.7. The molecular formula is C30H30N4+2. The molecule has 0 saturated carbocycles. The molecule has 4 aromatic rings. The Morgan fingerprint density at radius 1 is 0.735 bits per heavy atom. The molecule has 0 unspecified atom stereocenters. The molecule has 0 spiro atoms. The predicted octanol–water partition coefficient (Wildman–Crippen LogP) is 5.76. The Balaban J connectivity index is 1.78. The summed E-state index contributed by atoms with van der Waals surface area (Å²) in [5, 5.41) is 0. The van der Waals surface area contributed by atoms with E-state index in [9.17, 15) is 0 Å². The maximum Gasteiger partial charge on any atom is 0.374 e. The summed E-state index contributed by atoms with van der Waals surface area (Å²) in [7, 11) is 4.31. The molecule has 1 heterocycles. The van der Waals surface area contributed by atoms with Gasteiger partial charge in [-0.05, 0) is 48.5 Å². The van der Waals surface area contributed by atoms with Crippen LogP contribution in [0.5, 0.6) is 0 Å². The van der Waals surface area contributed by atoms with Gasteiger partial charge in [0.1, 0.15) is 35.8 Å². The van der Waals surface area contributed by atoms with E-state index in [4.69, 9.17) is 0 Å². The van der Waals surface area contributed by atoms with Crippen LogP contribution in [-0.4, -0.2) is 48.0 Å². The summed E-state index contributed by atoms with van der Waals surface area (Å²) in [5.74, 6) is 2.28. The van der Waals surface area contributed by atoms with Gasteiger partial charge in [0.25, 0.3) is 0 Å². The number of hydrogen-bond donors (Lipinski definition) is 0. The number of nitrogens with zero attached hydrogens (tertiary/aromatic N) is 4. The third-order valence-corrected chi connectivity index (χ3v) is 6.32. The van der Waals surface area contributed by atoms with Gasteiger partial charge in [-0.25, -0.2) is 19.0 Å². The summed E-state index contributed by atoms with van der Waals surface area (Å²) in [6, 6.07) is 42.5. The average Bonchev–Trinajstić information content (AvgIpc) is 3.35. The molecule has 0 N–H and O–H groups in total. The lowest BCUT2D eigenvalue weighted by molar-refractivity contribution is -0.435. The molecule has 0 fully saturated rings. The number of para-hydroxylation sites is 4. The number of rotatable bonds is 5. The Bertz CT molecular complexity index is 1300. The normalized spacial score (nSPS) is 14.2. The minimum Gasteiger partial charge on any atom is -0.223 e. The van der Waals surface area contributed by atoms with Gasteiger partial charge in [-0.2, -0.15) is 0 Å². The zero-order valence-electron chi connectivity index (χ0n) is 19.8. The van der Waals surface area contributed by atoms with Crippen molar-refractivity contribution < 1.29 is 9.15 Å². The fraction of sp³-hybridized carbons (Fsp3) is 0.133. The molecule has 34 heavy (non-hydrogen) atoms. The predicted molar refractivity (Wildman–Crippen MR) is 142 cm³/mol. The van der Waals surface area contributed by atoms with Crippen LogP contribution < -0.4 is 9.80 Å². The van der Waals surface area contributed by atoms with Crippen LogP contribution >= 0.6 is 0 Å². The fourth-order valence-corrected chi connectivity index (χ4v) is 4.59. The van der Waals surface area contributed by atoms with E-state index in [1.807, 2.05) is 0 Å². The maximum absolute atomic E-state index is 2.43. The van der Waals surface area contributed by atoms with Crippen molar-refractivity contribution >= 4 is 34.4 Å². The minimum atomic E-state index is 0.906. The highest BCUT2D eigenvalue weighted by Crippen LogP contribution is 2.25. The quantitative estimate of drug-likeness (QED) is 0.220. The largest absolute Gasteiger partial charge is 0.374 e. The van der Waals surface area contributed by atoms with Crippen LogP contribution in [0.3, 0.4) is 0 Å². The van der Waals surface area contributed by atoms with E-state index in [0.717, 1.165) is 36.1 Å². The van der Waals surface area contributed by atoms with Crippen molar-refractivity contribution in [2.75, 3.05) is 37.0 Å². The number of amidine groups is 2. The second kappa shape index (κ2) is 9.75. The Morgan fingerprint density at radius 2 is 1.26 bits per heavy atom. The molecule has 4 aromatic carbocycles. The van der Waals surface area contributed by atoms with Gasteiger partial charge in [0, 0.05) is 0 Å². The zero-order chi connectivity index (χ0) is 23.3. The maximum atomic E-state index is 2.43. The first-order chi connectivity index (χ1) is 16.7. The van der Waals surface area contributed by atoms with Crippen LogP contribution in [0.1, 0.15) is 0 Å². The third kappa shape index (κ3) is 4.23. The van der Waals surface area contributed by atoms with Crippen LogP contribution in [-0.2, 0) is 0 Å². The highest BCUT2D eigenvalue weighted by Gasteiger charge is 2.44. The standard InChI is InChI=1S/C30H30N4/c1-31(25-15-7-3-8-16-25)29(32(2)26-17-9-4-10-18-26)30-33(27-19-11-5-12-20-27)23-24-34(30)28-21-13-6-14-22-28/h3-22H,23-24H2,1-2H3/q+2. The monoisotopic (exact) mass is 446 g/mol. The van der Waals surface area contributed by atoms with Crippen LogP contribution in [0.2, 0.25) is 0 Å². The molecule has 4 nitrogen and oxygen atoms in total. The van der Waals surface area contributed by atoms with E-state index in [2.05, 4.69) is 154 Å². The highest BCUT2D eigenvalue weighted by molar-refractivity contribution is 6.46. The second-order valence-corrected chi connectivity index (χ2v) is 8.41. The zero-order valence-corrected chi connectivity index (χ0v) is 19.8. The minimum absolute atomic E-state index is 0.906. The molecule has 0 atom stereocenters. The van der Waals surface area contributed by atoms with Gasteiger partial charge in [0.2, 0.25) is 0 Å². The van der Waals surface area contributed by atoms with Crippen molar-refractivity contribution in [2.45, 2.75) is 0 Å². The van der Waals surface area contributed by atoms with Gasteiger partial charge in [0.15, 0.2) is 0 Å². The lowest BCUT2D eigenvalue weighted by atomic mass is 10.2. The van der Waals surface area contributed by atoms with Crippen molar-refractivity contribution in [3.8, 4) is 0 Å². The van der Waals surface area contributed by atoms with Crippen molar-refractivity contribution in [3.63, 3.8) is 0 Å². The molecule has 168 valence electrons. The summed E-state index contributed by atoms with van der Waals surface area (Å²) in [6.45, 7) is 1.81. The Labute approximate surface area is 202 Å². The summed E-state index contributed by atoms with van der Waals surface area (Å²) in [6.07, 6.45) is 0. The van der Waals surface area contributed by atoms with E-state index in [0.29, 0.717) is 0 Å². The second-order valence-electron chi connectivity index (χ2n) is 8.41. The molecule has 0 aliphatic carbocycles. The van der Waals surface area contributed by atoms with E-state index < -0.39 is 0 Å². The first kappa shape index (κ1) is 21.7. The van der Waals surface area contributed by atoms with Crippen molar-refractivity contribution in [2.24, 2.45) is 0 Å². The third-order valence-electron chi connectivity index (χ3n) is 6.32. The summed E-state index contributed by atoms with van der Waals surface area (Å²) in [5.41, 5.74) is 4.66. The molecule has 5 rings (SSSR count). The molecule has 4 heteroatoms. The highest BCUT2D eigenvalue weighted by atomic mass is 15.4. The van der Waals surface area contributed by atoms with Gasteiger partial charge in [-0.3, -0.25) is 0 Å². The number of likely N-dealkylation sites (N-methyl/N-ethyl adjacent to an activating group) is 1. The molecule has 1 aliphatic rings. The molecule has 1 aliphatic heterocycles. The average molecular weight is 447 g/mol. The molecule has 0 saturated heterocycles. The van der Waals surface area contributed by atoms with E-state index in [1.165, 1.54) is 11.4 Å². The lowest BCUT2D eigenvalue weighted by Gasteiger charge is -2.20. The van der Waals surface area contributed by atoms with E-state index >= 15 is 0 Å². The van der Waals surface area contributed by atoms with Gasteiger partial charge >= 0.3 is 11.7 Å². The Hall–Kier alpha value is -4.18. The van der Waals surface area contributed by atoms with Crippen molar-refractivity contribution in [1.82, 2.24) is 0 Å². The number of anilines is 2. The van der Waals surface area contributed by atoms with Gasteiger partial charge in [0.05, 0.1) is 14.1 Å². The van der Waals surface area contributed by atoms with Crippen molar-refractivity contribution in [1.29, 1.82) is 0 Å². The summed E-state index contributed by atoms with van der Waals surface area (Å²) in [4.78, 5) is 4.72. The molecule has 0 amide bonds. The SMILES string of the molecule is CN(C(C1=[N+](c2ccccc2)CCN1c1ccccc1)=[N+](C)c1ccccc1)c1ccccc1. The molecular weight excluding hydrogens is 416 g/mol. The Kier molecular flexibility index (Phi) is 6.21. The van der Waals surface area contributed by atoms with E-state index in [1.54, 1.807) is 0 Å². The van der Waals surface area contributed by atoms with Gasteiger partial charge < -0.3 is 0 Å². The molecule has 0 bridgehead atoms. The lowest BCUT2D eigenvalue weighted by Crippen LogP contribution is -2.48. The van der Waals surface area contributed by atoms with E-state index in [-0.39, 0.29) is 0 Å².